The minimum absolute atomic E-state index is 0.857. The molecule has 1 saturated heterocycles. The molecule has 1 rings (SSSR count). The smallest absolute Gasteiger partial charge is 0.00717 e. The normalized spacial score (nSPS) is 25.5. The molecule has 0 amide bonds. The fourth-order valence-electron chi connectivity index (χ4n) is 2.37. The number of alkyl halides is 1. The van der Waals surface area contributed by atoms with E-state index in [-0.39, 0.29) is 0 Å². The molecule has 1 heterocycles. The van der Waals surface area contributed by atoms with Crippen molar-refractivity contribution in [3.8, 4) is 0 Å². The molecule has 1 aliphatic heterocycles. The van der Waals surface area contributed by atoms with E-state index in [1.165, 1.54) is 50.6 Å². The lowest BCUT2D eigenvalue weighted by Gasteiger charge is -2.21. The highest BCUT2D eigenvalue weighted by Gasteiger charge is 2.22. The van der Waals surface area contributed by atoms with Crippen LogP contribution in [0.2, 0.25) is 0 Å². The Morgan fingerprint density at radius 3 is 2.79 bits per heavy atom. The Hall–Kier alpha value is 0.440. The first kappa shape index (κ1) is 12.5. The van der Waals surface area contributed by atoms with Gasteiger partial charge in [0, 0.05) is 18.4 Å². The number of rotatable bonds is 6. The van der Waals surface area contributed by atoms with Crippen molar-refractivity contribution >= 4 is 15.9 Å². The van der Waals surface area contributed by atoms with Crippen LogP contribution in [-0.4, -0.2) is 29.9 Å². The van der Waals surface area contributed by atoms with Crippen LogP contribution < -0.4 is 0 Å². The van der Waals surface area contributed by atoms with Gasteiger partial charge in [0.2, 0.25) is 0 Å². The van der Waals surface area contributed by atoms with Gasteiger partial charge >= 0.3 is 0 Å². The lowest BCUT2D eigenvalue weighted by molar-refractivity contribution is 0.275. The molecule has 0 N–H and O–H groups in total. The van der Waals surface area contributed by atoms with E-state index in [0.29, 0.717) is 0 Å². The van der Waals surface area contributed by atoms with E-state index in [1.807, 2.05) is 0 Å². The maximum atomic E-state index is 3.60. The zero-order valence-corrected chi connectivity index (χ0v) is 11.2. The van der Waals surface area contributed by atoms with E-state index in [1.54, 1.807) is 0 Å². The van der Waals surface area contributed by atoms with Gasteiger partial charge in [0.15, 0.2) is 0 Å². The van der Waals surface area contributed by atoms with Crippen LogP contribution in [-0.2, 0) is 0 Å². The maximum absolute atomic E-state index is 3.60. The van der Waals surface area contributed by atoms with Gasteiger partial charge in [-0.25, -0.2) is 0 Å². The molecule has 1 nitrogen and oxygen atoms in total. The summed E-state index contributed by atoms with van der Waals surface area (Å²) in [5.41, 5.74) is 0. The van der Waals surface area contributed by atoms with E-state index < -0.39 is 0 Å². The second-order valence-corrected chi connectivity index (χ2v) is 5.28. The van der Waals surface area contributed by atoms with Crippen molar-refractivity contribution in [1.29, 1.82) is 0 Å². The summed E-state index contributed by atoms with van der Waals surface area (Å²) in [4.78, 5) is 2.66. The summed E-state index contributed by atoms with van der Waals surface area (Å²) in [7, 11) is 0. The Bertz CT molecular complexity index is 145. The summed E-state index contributed by atoms with van der Waals surface area (Å²) in [6.07, 6.45) is 5.53. The monoisotopic (exact) mass is 261 g/mol. The van der Waals surface area contributed by atoms with Gasteiger partial charge in [-0.1, -0.05) is 42.6 Å². The topological polar surface area (TPSA) is 3.24 Å². The summed E-state index contributed by atoms with van der Waals surface area (Å²) in [5.74, 6) is 1.85. The zero-order valence-electron chi connectivity index (χ0n) is 9.64. The lowest BCUT2D eigenvalue weighted by Crippen LogP contribution is -2.28. The summed E-state index contributed by atoms with van der Waals surface area (Å²) >= 11 is 3.60. The van der Waals surface area contributed by atoms with E-state index in [9.17, 15) is 0 Å². The van der Waals surface area contributed by atoms with Crippen molar-refractivity contribution in [1.82, 2.24) is 4.90 Å². The molecule has 0 aliphatic carbocycles. The Kier molecular flexibility index (Phi) is 6.11. The summed E-state index contributed by atoms with van der Waals surface area (Å²) in [6, 6.07) is 0. The fraction of sp³-hybridized carbons (Fsp3) is 1.00. The van der Waals surface area contributed by atoms with Crippen LogP contribution in [0.3, 0.4) is 0 Å². The minimum Gasteiger partial charge on any atom is -0.303 e. The third kappa shape index (κ3) is 3.90. The fourth-order valence-corrected chi connectivity index (χ4v) is 3.04. The molecule has 2 heteroatoms. The van der Waals surface area contributed by atoms with Crippen LogP contribution in [0.4, 0.5) is 0 Å². The first-order valence-corrected chi connectivity index (χ1v) is 7.20. The highest BCUT2D eigenvalue weighted by molar-refractivity contribution is 9.09. The van der Waals surface area contributed by atoms with Crippen molar-refractivity contribution in [3.63, 3.8) is 0 Å². The van der Waals surface area contributed by atoms with E-state index >= 15 is 0 Å². The van der Waals surface area contributed by atoms with Gasteiger partial charge in [0.1, 0.15) is 0 Å². The molecule has 0 aromatic heterocycles. The second-order valence-electron chi connectivity index (χ2n) is 4.63. The van der Waals surface area contributed by atoms with Crippen molar-refractivity contribution in [2.45, 2.75) is 39.5 Å². The highest BCUT2D eigenvalue weighted by Crippen LogP contribution is 2.22. The molecule has 84 valence electrons. The standard InChI is InChI=1S/C12H24BrN/c1-3-5-12-6-7-14(10-12)9-11(4-2)8-13/h11-12H,3-10H2,1-2H3. The molecule has 0 bridgehead atoms. The second kappa shape index (κ2) is 6.84. The van der Waals surface area contributed by atoms with Crippen molar-refractivity contribution in [2.75, 3.05) is 25.0 Å². The molecule has 1 fully saturated rings. The minimum atomic E-state index is 0.857. The molecule has 0 aromatic rings. The molecule has 2 atom stereocenters. The molecular formula is C12H24BrN. The average molecular weight is 262 g/mol. The maximum Gasteiger partial charge on any atom is 0.00717 e. The number of halogens is 1. The van der Waals surface area contributed by atoms with Crippen molar-refractivity contribution in [3.05, 3.63) is 0 Å². The summed E-state index contributed by atoms with van der Waals surface area (Å²) < 4.78 is 0. The van der Waals surface area contributed by atoms with Gasteiger partial charge in [-0.2, -0.15) is 0 Å². The largest absolute Gasteiger partial charge is 0.303 e. The zero-order chi connectivity index (χ0) is 10.4. The van der Waals surface area contributed by atoms with Crippen molar-refractivity contribution in [2.24, 2.45) is 11.8 Å². The van der Waals surface area contributed by atoms with Gasteiger partial charge in [-0.15, -0.1) is 0 Å². The van der Waals surface area contributed by atoms with Crippen LogP contribution in [0, 0.1) is 11.8 Å². The number of hydrogen-bond acceptors (Lipinski definition) is 1. The van der Waals surface area contributed by atoms with Gasteiger partial charge in [-0.05, 0) is 31.2 Å². The SMILES string of the molecule is CCCC1CCN(CC(CC)CBr)C1. The molecule has 0 radical (unpaired) electrons. The summed E-state index contributed by atoms with van der Waals surface area (Å²) in [6.45, 7) is 8.61. The van der Waals surface area contributed by atoms with Gasteiger partial charge < -0.3 is 4.90 Å². The third-order valence-electron chi connectivity index (χ3n) is 3.38. The average Bonchev–Trinajstić information content (AvgIpc) is 2.63. The predicted molar refractivity (Wildman–Crippen MR) is 67.0 cm³/mol. The van der Waals surface area contributed by atoms with E-state index in [2.05, 4.69) is 34.7 Å². The van der Waals surface area contributed by atoms with Crippen LogP contribution in [0.5, 0.6) is 0 Å². The Balaban J connectivity index is 2.21. The quantitative estimate of drug-likeness (QED) is 0.662. The Labute approximate surface area is 97.4 Å². The number of likely N-dealkylation sites (tertiary alicyclic amines) is 1. The summed E-state index contributed by atoms with van der Waals surface area (Å²) in [5, 5.41) is 1.17. The first-order chi connectivity index (χ1) is 6.80. The first-order valence-electron chi connectivity index (χ1n) is 6.08. The molecular weight excluding hydrogens is 238 g/mol. The molecule has 2 unspecified atom stereocenters. The van der Waals surface area contributed by atoms with Gasteiger partial charge in [0.05, 0.1) is 0 Å². The third-order valence-corrected chi connectivity index (χ3v) is 4.29. The van der Waals surface area contributed by atoms with Crippen LogP contribution in [0.25, 0.3) is 0 Å². The number of nitrogens with zero attached hydrogens (tertiary/aromatic N) is 1. The highest BCUT2D eigenvalue weighted by atomic mass is 79.9. The Morgan fingerprint density at radius 2 is 2.21 bits per heavy atom. The predicted octanol–water partition coefficient (Wildman–Crippen LogP) is 3.53. The van der Waals surface area contributed by atoms with Crippen molar-refractivity contribution < 1.29 is 0 Å². The van der Waals surface area contributed by atoms with E-state index in [0.717, 1.165) is 11.8 Å². The number of hydrogen-bond donors (Lipinski definition) is 0. The molecule has 1 aliphatic rings. The molecule has 0 spiro atoms. The van der Waals surface area contributed by atoms with Crippen LogP contribution in [0.1, 0.15) is 39.5 Å². The lowest BCUT2D eigenvalue weighted by atomic mass is 10.0. The molecule has 14 heavy (non-hydrogen) atoms. The van der Waals surface area contributed by atoms with Crippen LogP contribution >= 0.6 is 15.9 Å². The van der Waals surface area contributed by atoms with Gasteiger partial charge in [0.25, 0.3) is 0 Å². The van der Waals surface area contributed by atoms with Crippen LogP contribution in [0.15, 0.2) is 0 Å². The van der Waals surface area contributed by atoms with Gasteiger partial charge in [-0.3, -0.25) is 0 Å². The molecule has 0 aromatic carbocycles. The van der Waals surface area contributed by atoms with E-state index in [4.69, 9.17) is 0 Å². The Morgan fingerprint density at radius 1 is 1.43 bits per heavy atom. The molecule has 0 saturated carbocycles.